The number of rotatable bonds is 6. The number of sulfonamides is 1. The van der Waals surface area contributed by atoms with Crippen molar-refractivity contribution in [3.8, 4) is 0 Å². The molecular weight excluding hydrogens is 444 g/mol. The van der Waals surface area contributed by atoms with Crippen molar-refractivity contribution < 1.29 is 13.2 Å². The third-order valence-electron chi connectivity index (χ3n) is 5.48. The molecule has 1 aromatic heterocycles. The molecule has 9 heteroatoms. The van der Waals surface area contributed by atoms with Crippen molar-refractivity contribution in [3.05, 3.63) is 60.3 Å². The molecule has 7 nitrogen and oxygen atoms in total. The number of hydrogen-bond donors (Lipinski definition) is 1. The molecule has 32 heavy (non-hydrogen) atoms. The Labute approximate surface area is 192 Å². The number of amides is 1. The van der Waals surface area contributed by atoms with E-state index in [0.29, 0.717) is 31.7 Å². The summed E-state index contributed by atoms with van der Waals surface area (Å²) in [6, 6.07) is 14.9. The Morgan fingerprint density at radius 2 is 1.84 bits per heavy atom. The number of hydrogen-bond acceptors (Lipinski definition) is 6. The predicted molar refractivity (Wildman–Crippen MR) is 129 cm³/mol. The number of aromatic nitrogens is 1. The van der Waals surface area contributed by atoms with Gasteiger partial charge in [0.05, 0.1) is 12.1 Å². The molecule has 2 aromatic carbocycles. The molecule has 1 saturated heterocycles. The van der Waals surface area contributed by atoms with Gasteiger partial charge in [-0.25, -0.2) is 8.42 Å². The maximum atomic E-state index is 13.3. The smallest absolute Gasteiger partial charge is 0.245 e. The number of carbonyl (C=O) groups is 1. The van der Waals surface area contributed by atoms with E-state index in [1.165, 1.54) is 4.31 Å². The van der Waals surface area contributed by atoms with Gasteiger partial charge in [0.15, 0.2) is 0 Å². The normalized spacial score (nSPS) is 15.7. The molecule has 1 N–H and O–H groups in total. The molecular formula is C23H26N4O3S2. The molecule has 0 spiro atoms. The monoisotopic (exact) mass is 470 g/mol. The highest BCUT2D eigenvalue weighted by Gasteiger charge is 2.30. The fourth-order valence-electron chi connectivity index (χ4n) is 3.82. The van der Waals surface area contributed by atoms with Gasteiger partial charge < -0.3 is 5.32 Å². The van der Waals surface area contributed by atoms with Crippen LogP contribution in [0.25, 0.3) is 10.9 Å². The van der Waals surface area contributed by atoms with Crippen molar-refractivity contribution in [2.45, 2.75) is 16.7 Å². The van der Waals surface area contributed by atoms with Crippen LogP contribution >= 0.6 is 11.8 Å². The summed E-state index contributed by atoms with van der Waals surface area (Å²) in [5.74, 6) is -0.104. The van der Waals surface area contributed by atoms with Gasteiger partial charge in [0, 0.05) is 48.3 Å². The van der Waals surface area contributed by atoms with Crippen LogP contribution in [0.5, 0.6) is 0 Å². The lowest BCUT2D eigenvalue weighted by Crippen LogP contribution is -2.50. The minimum Gasteiger partial charge on any atom is -0.325 e. The van der Waals surface area contributed by atoms with Crippen LogP contribution in [-0.2, 0) is 14.8 Å². The van der Waals surface area contributed by atoms with Crippen molar-refractivity contribution in [1.29, 1.82) is 0 Å². The predicted octanol–water partition coefficient (Wildman–Crippen LogP) is 3.21. The fraction of sp³-hybridized carbons (Fsp3) is 0.304. The lowest BCUT2D eigenvalue weighted by Gasteiger charge is -2.33. The van der Waals surface area contributed by atoms with Crippen LogP contribution in [0.3, 0.4) is 0 Å². The molecule has 0 atom stereocenters. The number of para-hydroxylation sites is 1. The zero-order valence-electron chi connectivity index (χ0n) is 18.1. The van der Waals surface area contributed by atoms with Crippen molar-refractivity contribution in [3.63, 3.8) is 0 Å². The molecule has 0 radical (unpaired) electrons. The number of nitrogens with zero attached hydrogens (tertiary/aromatic N) is 3. The van der Waals surface area contributed by atoms with Gasteiger partial charge in [-0.3, -0.25) is 14.7 Å². The topological polar surface area (TPSA) is 82.6 Å². The molecule has 0 unspecified atom stereocenters. The Balaban J connectivity index is 1.39. The maximum absolute atomic E-state index is 13.3. The number of aryl methyl sites for hydroxylation is 1. The van der Waals surface area contributed by atoms with Crippen LogP contribution < -0.4 is 5.32 Å². The van der Waals surface area contributed by atoms with Gasteiger partial charge in [-0.15, -0.1) is 11.8 Å². The third kappa shape index (κ3) is 4.96. The Bertz CT molecular complexity index is 1240. The zero-order chi connectivity index (χ0) is 22.7. The average molecular weight is 471 g/mol. The first kappa shape index (κ1) is 22.7. The van der Waals surface area contributed by atoms with Gasteiger partial charge in [-0.1, -0.05) is 18.2 Å². The highest BCUT2D eigenvalue weighted by Crippen LogP contribution is 2.25. The second-order valence-electron chi connectivity index (χ2n) is 7.80. The first-order chi connectivity index (χ1) is 15.4. The van der Waals surface area contributed by atoms with Crippen molar-refractivity contribution in [2.24, 2.45) is 0 Å². The Morgan fingerprint density at radius 3 is 2.59 bits per heavy atom. The van der Waals surface area contributed by atoms with E-state index in [1.54, 1.807) is 30.1 Å². The minimum absolute atomic E-state index is 0.104. The quantitative estimate of drug-likeness (QED) is 0.557. The summed E-state index contributed by atoms with van der Waals surface area (Å²) in [5.41, 5.74) is 2.24. The lowest BCUT2D eigenvalue weighted by atomic mass is 10.2. The van der Waals surface area contributed by atoms with Crippen molar-refractivity contribution in [2.75, 3.05) is 44.3 Å². The minimum atomic E-state index is -3.67. The summed E-state index contributed by atoms with van der Waals surface area (Å²) >= 11 is 1.62. The average Bonchev–Trinajstić information content (AvgIpc) is 2.78. The van der Waals surface area contributed by atoms with Crippen LogP contribution in [0, 0.1) is 6.92 Å². The number of benzene rings is 2. The summed E-state index contributed by atoms with van der Waals surface area (Å²) in [4.78, 5) is 20.1. The van der Waals surface area contributed by atoms with Crippen LogP contribution in [0.4, 0.5) is 5.69 Å². The van der Waals surface area contributed by atoms with Gasteiger partial charge in [0.25, 0.3) is 0 Å². The number of nitrogens with one attached hydrogen (secondary N) is 1. The van der Waals surface area contributed by atoms with Crippen LogP contribution in [0.15, 0.2) is 64.5 Å². The Hall–Kier alpha value is -2.46. The largest absolute Gasteiger partial charge is 0.325 e. The highest BCUT2D eigenvalue weighted by molar-refractivity contribution is 7.98. The molecule has 0 bridgehead atoms. The lowest BCUT2D eigenvalue weighted by molar-refractivity contribution is -0.117. The fourth-order valence-corrected chi connectivity index (χ4v) is 5.87. The number of anilines is 1. The second kappa shape index (κ2) is 9.58. The summed E-state index contributed by atoms with van der Waals surface area (Å²) in [6.07, 6.45) is 3.68. The van der Waals surface area contributed by atoms with Crippen molar-refractivity contribution in [1.82, 2.24) is 14.2 Å². The number of carbonyl (C=O) groups excluding carboxylic acids is 1. The highest BCUT2D eigenvalue weighted by atomic mass is 32.2. The molecule has 4 rings (SSSR count). The number of fused-ring (bicyclic) bond motifs is 1. The second-order valence-corrected chi connectivity index (χ2v) is 10.6. The Kier molecular flexibility index (Phi) is 6.80. The van der Waals surface area contributed by atoms with Gasteiger partial charge in [-0.05, 0) is 49.1 Å². The standard InChI is InChI=1S/C23H26N4O3S2/c1-17-13-18-5-3-8-21(23(18)24-15-17)32(29,30)27-11-9-26(10-12-27)16-22(28)25-19-6-4-7-20(14-19)31-2/h3-8,13-15H,9-12,16H2,1-2H3,(H,25,28). The first-order valence-electron chi connectivity index (χ1n) is 10.4. The van der Waals surface area contributed by atoms with Gasteiger partial charge in [0.2, 0.25) is 15.9 Å². The van der Waals surface area contributed by atoms with Gasteiger partial charge in [0.1, 0.15) is 4.90 Å². The molecule has 1 amide bonds. The van der Waals surface area contributed by atoms with E-state index >= 15 is 0 Å². The summed E-state index contributed by atoms with van der Waals surface area (Å²) in [6.45, 7) is 3.82. The number of pyridine rings is 1. The summed E-state index contributed by atoms with van der Waals surface area (Å²) in [7, 11) is -3.67. The number of piperazine rings is 1. The van der Waals surface area contributed by atoms with E-state index < -0.39 is 10.0 Å². The summed E-state index contributed by atoms with van der Waals surface area (Å²) < 4.78 is 28.1. The number of thioether (sulfide) groups is 1. The first-order valence-corrected chi connectivity index (χ1v) is 13.0. The molecule has 168 valence electrons. The zero-order valence-corrected chi connectivity index (χ0v) is 19.7. The SMILES string of the molecule is CSc1cccc(NC(=O)CN2CCN(S(=O)(=O)c3cccc4cc(C)cnc34)CC2)c1. The van der Waals surface area contributed by atoms with E-state index in [4.69, 9.17) is 0 Å². The molecule has 0 aliphatic carbocycles. The maximum Gasteiger partial charge on any atom is 0.245 e. The van der Waals surface area contributed by atoms with E-state index in [2.05, 4.69) is 10.3 Å². The third-order valence-corrected chi connectivity index (χ3v) is 8.14. The van der Waals surface area contributed by atoms with Gasteiger partial charge in [-0.2, -0.15) is 4.31 Å². The molecule has 3 aromatic rings. The van der Waals surface area contributed by atoms with Crippen LogP contribution in [0.1, 0.15) is 5.56 Å². The van der Waals surface area contributed by atoms with Crippen LogP contribution in [-0.4, -0.2) is 67.5 Å². The van der Waals surface area contributed by atoms with Gasteiger partial charge >= 0.3 is 0 Å². The van der Waals surface area contributed by atoms with E-state index in [1.807, 2.05) is 54.5 Å². The van der Waals surface area contributed by atoms with Crippen molar-refractivity contribution >= 4 is 44.3 Å². The molecule has 0 saturated carbocycles. The van der Waals surface area contributed by atoms with E-state index in [9.17, 15) is 13.2 Å². The molecule has 1 fully saturated rings. The molecule has 1 aliphatic rings. The van der Waals surface area contributed by atoms with Crippen LogP contribution in [0.2, 0.25) is 0 Å². The summed E-state index contributed by atoms with van der Waals surface area (Å²) in [5, 5.41) is 3.73. The molecule has 2 heterocycles. The molecule has 1 aliphatic heterocycles. The van der Waals surface area contributed by atoms with E-state index in [0.717, 1.165) is 21.5 Å². The Morgan fingerprint density at radius 1 is 1.09 bits per heavy atom. The van der Waals surface area contributed by atoms with E-state index in [-0.39, 0.29) is 17.3 Å².